The fraction of sp³-hybridized carbons (Fsp3) is 0.333. The van der Waals surface area contributed by atoms with Crippen LogP contribution in [0.1, 0.15) is 10.4 Å². The number of methoxy groups -OCH3 is 1. The fourth-order valence-electron chi connectivity index (χ4n) is 1.12. The summed E-state index contributed by atoms with van der Waals surface area (Å²) in [5.74, 6) is 0.169. The van der Waals surface area contributed by atoms with Crippen LogP contribution in [0.2, 0.25) is 0 Å². The van der Waals surface area contributed by atoms with Crippen LogP contribution in [0.4, 0.5) is 0 Å². The Balaban J connectivity index is 2.25. The first-order chi connectivity index (χ1) is 8.77. The maximum absolute atomic E-state index is 11.5. The quantitative estimate of drug-likeness (QED) is 0.298. The van der Waals surface area contributed by atoms with Crippen molar-refractivity contribution in [2.45, 2.75) is 0 Å². The number of esters is 1. The standard InChI is InChI=1S/C12H14O6/c1-15-11-4-2-10(3-5-11)12(14)18-9-17-7-6-16-8-13/h2-5,8H,6-7,9H2,1H3. The zero-order chi connectivity index (χ0) is 13.2. The van der Waals surface area contributed by atoms with E-state index in [0.717, 1.165) is 0 Å². The average Bonchev–Trinajstić information content (AvgIpc) is 2.42. The van der Waals surface area contributed by atoms with Gasteiger partial charge in [0.1, 0.15) is 12.4 Å². The largest absolute Gasteiger partial charge is 0.497 e. The van der Waals surface area contributed by atoms with Crippen molar-refractivity contribution in [3.63, 3.8) is 0 Å². The molecule has 0 fully saturated rings. The van der Waals surface area contributed by atoms with Gasteiger partial charge in [-0.1, -0.05) is 0 Å². The minimum atomic E-state index is -0.492. The maximum Gasteiger partial charge on any atom is 0.340 e. The molecule has 0 aliphatic carbocycles. The van der Waals surface area contributed by atoms with Gasteiger partial charge in [-0.15, -0.1) is 0 Å². The van der Waals surface area contributed by atoms with E-state index in [1.807, 2.05) is 0 Å². The van der Waals surface area contributed by atoms with Gasteiger partial charge in [-0.25, -0.2) is 4.79 Å². The van der Waals surface area contributed by atoms with Gasteiger partial charge in [-0.05, 0) is 24.3 Å². The van der Waals surface area contributed by atoms with Gasteiger partial charge >= 0.3 is 5.97 Å². The van der Waals surface area contributed by atoms with Crippen LogP contribution in [0.3, 0.4) is 0 Å². The van der Waals surface area contributed by atoms with Crippen molar-refractivity contribution in [1.29, 1.82) is 0 Å². The molecule has 0 spiro atoms. The van der Waals surface area contributed by atoms with Crippen molar-refractivity contribution in [1.82, 2.24) is 0 Å². The van der Waals surface area contributed by atoms with Gasteiger partial charge in [-0.3, -0.25) is 4.79 Å². The van der Waals surface area contributed by atoms with Crippen LogP contribution in [-0.4, -0.2) is 39.6 Å². The zero-order valence-corrected chi connectivity index (χ0v) is 9.96. The van der Waals surface area contributed by atoms with Crippen LogP contribution in [0.15, 0.2) is 24.3 Å². The van der Waals surface area contributed by atoms with Gasteiger partial charge < -0.3 is 18.9 Å². The maximum atomic E-state index is 11.5. The number of hydrogen-bond donors (Lipinski definition) is 0. The molecule has 0 saturated carbocycles. The normalized spacial score (nSPS) is 9.61. The number of benzene rings is 1. The molecule has 0 aliphatic rings. The first-order valence-corrected chi connectivity index (χ1v) is 5.22. The average molecular weight is 254 g/mol. The Hall–Kier alpha value is -2.08. The molecule has 1 rings (SSSR count). The Bertz CT molecular complexity index is 373. The molecular weight excluding hydrogens is 240 g/mol. The predicted molar refractivity (Wildman–Crippen MR) is 61.2 cm³/mol. The molecule has 0 amide bonds. The molecule has 0 saturated heterocycles. The van der Waals surface area contributed by atoms with Crippen molar-refractivity contribution in [2.24, 2.45) is 0 Å². The summed E-state index contributed by atoms with van der Waals surface area (Å²) in [6.45, 7) is 0.442. The summed E-state index contributed by atoms with van der Waals surface area (Å²) in [6.07, 6.45) is 0. The molecule has 18 heavy (non-hydrogen) atoms. The Morgan fingerprint density at radius 2 is 1.94 bits per heavy atom. The summed E-state index contributed by atoms with van der Waals surface area (Å²) in [6, 6.07) is 6.51. The van der Waals surface area contributed by atoms with Crippen LogP contribution >= 0.6 is 0 Å². The summed E-state index contributed by atoms with van der Waals surface area (Å²) < 4.78 is 19.1. The van der Waals surface area contributed by atoms with E-state index in [4.69, 9.17) is 14.2 Å². The lowest BCUT2D eigenvalue weighted by Crippen LogP contribution is -2.11. The Labute approximate surface area is 104 Å². The smallest absolute Gasteiger partial charge is 0.340 e. The van der Waals surface area contributed by atoms with Gasteiger partial charge in [0.25, 0.3) is 6.47 Å². The van der Waals surface area contributed by atoms with Crippen LogP contribution in [0, 0.1) is 0 Å². The molecular formula is C12H14O6. The molecule has 0 unspecified atom stereocenters. The highest BCUT2D eigenvalue weighted by Gasteiger charge is 2.06. The van der Waals surface area contributed by atoms with Crippen LogP contribution in [-0.2, 0) is 19.0 Å². The van der Waals surface area contributed by atoms with E-state index < -0.39 is 5.97 Å². The number of hydrogen-bond acceptors (Lipinski definition) is 6. The third kappa shape index (κ3) is 4.84. The highest BCUT2D eigenvalue weighted by Crippen LogP contribution is 2.11. The predicted octanol–water partition coefficient (Wildman–Crippen LogP) is 0.999. The van der Waals surface area contributed by atoms with Gasteiger partial charge in [-0.2, -0.15) is 0 Å². The Morgan fingerprint density at radius 1 is 1.22 bits per heavy atom. The van der Waals surface area contributed by atoms with Crippen molar-refractivity contribution in [3.8, 4) is 5.75 Å². The van der Waals surface area contributed by atoms with Crippen LogP contribution in [0.5, 0.6) is 5.75 Å². The van der Waals surface area contributed by atoms with Gasteiger partial charge in [0.05, 0.1) is 19.3 Å². The minimum Gasteiger partial charge on any atom is -0.497 e. The molecule has 0 heterocycles. The van der Waals surface area contributed by atoms with E-state index in [-0.39, 0.29) is 20.0 Å². The lowest BCUT2D eigenvalue weighted by Gasteiger charge is -2.06. The molecule has 1 aromatic carbocycles. The minimum absolute atomic E-state index is 0.129. The number of carbonyl (C=O) groups is 2. The highest BCUT2D eigenvalue weighted by atomic mass is 16.7. The van der Waals surface area contributed by atoms with E-state index in [1.54, 1.807) is 31.4 Å². The van der Waals surface area contributed by atoms with E-state index >= 15 is 0 Å². The van der Waals surface area contributed by atoms with Crippen molar-refractivity contribution in [2.75, 3.05) is 27.1 Å². The molecule has 0 bridgehead atoms. The highest BCUT2D eigenvalue weighted by molar-refractivity contribution is 5.89. The summed E-state index contributed by atoms with van der Waals surface area (Å²) in [5.41, 5.74) is 0.406. The first-order valence-electron chi connectivity index (χ1n) is 5.22. The molecule has 0 aromatic heterocycles. The summed E-state index contributed by atoms with van der Waals surface area (Å²) in [7, 11) is 1.54. The van der Waals surface area contributed by atoms with Gasteiger partial charge in [0.2, 0.25) is 0 Å². The molecule has 98 valence electrons. The summed E-state index contributed by atoms with van der Waals surface area (Å²) in [5, 5.41) is 0. The third-order valence-electron chi connectivity index (χ3n) is 2.01. The van der Waals surface area contributed by atoms with Crippen LogP contribution < -0.4 is 4.74 Å². The molecule has 0 N–H and O–H groups in total. The molecule has 0 atom stereocenters. The van der Waals surface area contributed by atoms with Gasteiger partial charge in [0.15, 0.2) is 6.79 Å². The topological polar surface area (TPSA) is 71.1 Å². The van der Waals surface area contributed by atoms with E-state index in [1.165, 1.54) is 0 Å². The third-order valence-corrected chi connectivity index (χ3v) is 2.01. The number of carbonyl (C=O) groups excluding carboxylic acids is 2. The Kier molecular flexibility index (Phi) is 6.27. The summed E-state index contributed by atoms with van der Waals surface area (Å²) >= 11 is 0. The van der Waals surface area contributed by atoms with E-state index in [9.17, 15) is 9.59 Å². The molecule has 0 radical (unpaired) electrons. The summed E-state index contributed by atoms with van der Waals surface area (Å²) in [4.78, 5) is 21.3. The second kappa shape index (κ2) is 8.08. The van der Waals surface area contributed by atoms with E-state index in [0.29, 0.717) is 17.8 Å². The molecule has 0 aliphatic heterocycles. The molecule has 6 nitrogen and oxygen atoms in total. The SMILES string of the molecule is COc1ccc(C(=O)OCOCCOC=O)cc1. The molecule has 1 aromatic rings. The van der Waals surface area contributed by atoms with Crippen molar-refractivity contribution < 1.29 is 28.5 Å². The van der Waals surface area contributed by atoms with Crippen molar-refractivity contribution in [3.05, 3.63) is 29.8 Å². The number of rotatable bonds is 8. The monoisotopic (exact) mass is 254 g/mol. The second-order valence-corrected chi connectivity index (χ2v) is 3.15. The van der Waals surface area contributed by atoms with Crippen LogP contribution in [0.25, 0.3) is 0 Å². The lowest BCUT2D eigenvalue weighted by atomic mass is 10.2. The number of ether oxygens (including phenoxy) is 4. The second-order valence-electron chi connectivity index (χ2n) is 3.15. The fourth-order valence-corrected chi connectivity index (χ4v) is 1.12. The molecule has 6 heteroatoms. The zero-order valence-electron chi connectivity index (χ0n) is 9.96. The van der Waals surface area contributed by atoms with Gasteiger partial charge in [0, 0.05) is 0 Å². The van der Waals surface area contributed by atoms with Crippen molar-refractivity contribution >= 4 is 12.4 Å². The Morgan fingerprint density at radius 3 is 2.56 bits per heavy atom. The van der Waals surface area contributed by atoms with E-state index in [2.05, 4.69) is 4.74 Å². The lowest BCUT2D eigenvalue weighted by molar-refractivity contribution is -0.131. The first kappa shape index (κ1) is 14.0.